The number of pyridine rings is 1. The Morgan fingerprint density at radius 2 is 2.04 bits per heavy atom. The van der Waals surface area contributed by atoms with Crippen molar-refractivity contribution in [3.05, 3.63) is 65.9 Å². The van der Waals surface area contributed by atoms with E-state index in [0.29, 0.717) is 17.2 Å². The lowest BCUT2D eigenvalue weighted by molar-refractivity contribution is 0.101. The van der Waals surface area contributed by atoms with Crippen LogP contribution in [0.25, 0.3) is 0 Å². The lowest BCUT2D eigenvalue weighted by Gasteiger charge is -2.10. The lowest BCUT2D eigenvalue weighted by Crippen LogP contribution is -2.13. The molecule has 0 bridgehead atoms. The van der Waals surface area contributed by atoms with E-state index in [1.54, 1.807) is 19.1 Å². The highest BCUT2D eigenvalue weighted by molar-refractivity contribution is 6.03. The molecule has 0 aliphatic rings. The van der Waals surface area contributed by atoms with Crippen LogP contribution in [0.3, 0.4) is 0 Å². The van der Waals surface area contributed by atoms with Gasteiger partial charge in [0.2, 0.25) is 5.88 Å². The quantitative estimate of drug-likeness (QED) is 0.797. The van der Waals surface area contributed by atoms with Crippen LogP contribution in [0.2, 0.25) is 0 Å². The average molecular weight is 313 g/mol. The number of benzene rings is 1. The van der Waals surface area contributed by atoms with Gasteiger partial charge in [0.1, 0.15) is 23.0 Å². The molecule has 0 atom stereocenters. The largest absolute Gasteiger partial charge is 0.437 e. The van der Waals surface area contributed by atoms with E-state index in [-0.39, 0.29) is 17.4 Å². The Morgan fingerprint density at radius 3 is 2.74 bits per heavy atom. The summed E-state index contributed by atoms with van der Waals surface area (Å²) in [5.41, 5.74) is 0.515. The van der Waals surface area contributed by atoms with Crippen LogP contribution in [0, 0.1) is 12.7 Å². The summed E-state index contributed by atoms with van der Waals surface area (Å²) >= 11 is 0. The second-order valence-corrected chi connectivity index (χ2v) is 4.69. The number of nitrogens with one attached hydrogen (secondary N) is 1. The second kappa shape index (κ2) is 6.27. The summed E-state index contributed by atoms with van der Waals surface area (Å²) in [5.74, 6) is 0.307. The summed E-state index contributed by atoms with van der Waals surface area (Å²) in [7, 11) is 0. The van der Waals surface area contributed by atoms with Gasteiger partial charge in [0.25, 0.3) is 5.91 Å². The van der Waals surface area contributed by atoms with Crippen LogP contribution in [-0.4, -0.2) is 16.0 Å². The van der Waals surface area contributed by atoms with Crippen LogP contribution in [0.4, 0.5) is 10.1 Å². The third-order valence-electron chi connectivity index (χ3n) is 2.91. The summed E-state index contributed by atoms with van der Waals surface area (Å²) < 4.78 is 23.4. The van der Waals surface area contributed by atoms with Gasteiger partial charge in [-0.3, -0.25) is 4.79 Å². The van der Waals surface area contributed by atoms with E-state index in [9.17, 15) is 9.18 Å². The van der Waals surface area contributed by atoms with Gasteiger partial charge in [-0.15, -0.1) is 0 Å². The van der Waals surface area contributed by atoms with Gasteiger partial charge in [-0.2, -0.15) is 0 Å². The highest BCUT2D eigenvalue weighted by Crippen LogP contribution is 2.27. The van der Waals surface area contributed by atoms with Gasteiger partial charge in [-0.05, 0) is 43.3 Å². The van der Waals surface area contributed by atoms with Crippen molar-refractivity contribution in [1.82, 2.24) is 10.1 Å². The number of aromatic nitrogens is 2. The van der Waals surface area contributed by atoms with Gasteiger partial charge in [0, 0.05) is 12.3 Å². The number of hydrogen-bond acceptors (Lipinski definition) is 5. The van der Waals surface area contributed by atoms with Gasteiger partial charge in [-0.25, -0.2) is 9.37 Å². The van der Waals surface area contributed by atoms with Gasteiger partial charge < -0.3 is 14.6 Å². The van der Waals surface area contributed by atoms with Crippen LogP contribution >= 0.6 is 0 Å². The third kappa shape index (κ3) is 3.52. The van der Waals surface area contributed by atoms with Crippen molar-refractivity contribution in [3.8, 4) is 11.6 Å². The maximum Gasteiger partial charge on any atom is 0.277 e. The molecule has 0 aliphatic heterocycles. The van der Waals surface area contributed by atoms with E-state index in [2.05, 4.69) is 15.5 Å². The maximum absolute atomic E-state index is 12.9. The molecule has 0 aliphatic carbocycles. The Hall–Kier alpha value is -3.22. The van der Waals surface area contributed by atoms with Gasteiger partial charge >= 0.3 is 0 Å². The monoisotopic (exact) mass is 313 g/mol. The van der Waals surface area contributed by atoms with Crippen molar-refractivity contribution in [2.75, 3.05) is 5.32 Å². The summed E-state index contributed by atoms with van der Waals surface area (Å²) in [6, 6.07) is 10.3. The topological polar surface area (TPSA) is 77.2 Å². The highest BCUT2D eigenvalue weighted by atomic mass is 19.1. The number of anilines is 1. The summed E-state index contributed by atoms with van der Waals surface area (Å²) in [6.45, 7) is 1.69. The Kier molecular flexibility index (Phi) is 4.01. The van der Waals surface area contributed by atoms with E-state index >= 15 is 0 Å². The molecule has 1 aromatic carbocycles. The van der Waals surface area contributed by atoms with E-state index < -0.39 is 5.91 Å². The predicted molar refractivity (Wildman–Crippen MR) is 79.9 cm³/mol. The minimum atomic E-state index is -0.446. The van der Waals surface area contributed by atoms with Crippen LogP contribution in [0.15, 0.2) is 53.2 Å². The van der Waals surface area contributed by atoms with Crippen molar-refractivity contribution in [1.29, 1.82) is 0 Å². The molecule has 6 nitrogen and oxygen atoms in total. The maximum atomic E-state index is 12.9. The van der Waals surface area contributed by atoms with Crippen molar-refractivity contribution in [3.63, 3.8) is 0 Å². The number of ether oxygens (including phenoxy) is 1. The van der Waals surface area contributed by atoms with Crippen LogP contribution in [0.1, 0.15) is 16.2 Å². The fourth-order valence-electron chi connectivity index (χ4n) is 1.84. The third-order valence-corrected chi connectivity index (χ3v) is 2.91. The Labute approximate surface area is 130 Å². The van der Waals surface area contributed by atoms with E-state index in [0.717, 1.165) is 0 Å². The molecule has 116 valence electrons. The Bertz CT molecular complexity index is 831. The van der Waals surface area contributed by atoms with Crippen LogP contribution < -0.4 is 10.1 Å². The lowest BCUT2D eigenvalue weighted by atomic mass is 10.3. The van der Waals surface area contributed by atoms with Gasteiger partial charge in [-0.1, -0.05) is 5.16 Å². The molecular formula is C16H12FN3O3. The molecule has 7 heteroatoms. The molecule has 0 saturated carbocycles. The van der Waals surface area contributed by atoms with Crippen molar-refractivity contribution < 1.29 is 18.4 Å². The molecule has 0 fully saturated rings. The van der Waals surface area contributed by atoms with Crippen LogP contribution in [0.5, 0.6) is 11.6 Å². The fraction of sp³-hybridized carbons (Fsp3) is 0.0625. The molecule has 3 aromatic rings. The molecule has 0 spiro atoms. The minimum Gasteiger partial charge on any atom is -0.437 e. The van der Waals surface area contributed by atoms with Crippen LogP contribution in [-0.2, 0) is 0 Å². The van der Waals surface area contributed by atoms with E-state index in [4.69, 9.17) is 9.26 Å². The molecule has 0 saturated heterocycles. The zero-order chi connectivity index (χ0) is 16.2. The highest BCUT2D eigenvalue weighted by Gasteiger charge is 2.14. The fourth-order valence-corrected chi connectivity index (χ4v) is 1.84. The second-order valence-electron chi connectivity index (χ2n) is 4.69. The van der Waals surface area contributed by atoms with E-state index in [1.807, 2.05) is 0 Å². The van der Waals surface area contributed by atoms with Crippen molar-refractivity contribution >= 4 is 11.6 Å². The summed E-state index contributed by atoms with van der Waals surface area (Å²) in [6.07, 6.45) is 1.52. The number of nitrogens with zero attached hydrogens (tertiary/aromatic N) is 2. The SMILES string of the molecule is Cc1cc(C(=O)Nc2cccnc2Oc2ccc(F)cc2)no1. The number of carbonyl (C=O) groups is 1. The normalized spacial score (nSPS) is 10.3. The molecule has 23 heavy (non-hydrogen) atoms. The molecule has 3 rings (SSSR count). The number of hydrogen-bond donors (Lipinski definition) is 1. The molecule has 0 radical (unpaired) electrons. The molecule has 1 amide bonds. The predicted octanol–water partition coefficient (Wildman–Crippen LogP) is 3.56. The Morgan fingerprint density at radius 1 is 1.26 bits per heavy atom. The van der Waals surface area contributed by atoms with Crippen molar-refractivity contribution in [2.24, 2.45) is 0 Å². The first-order valence-electron chi connectivity index (χ1n) is 6.75. The summed E-state index contributed by atoms with van der Waals surface area (Å²) in [5, 5.41) is 6.29. The van der Waals surface area contributed by atoms with Crippen molar-refractivity contribution in [2.45, 2.75) is 6.92 Å². The zero-order valence-electron chi connectivity index (χ0n) is 12.1. The number of carbonyl (C=O) groups excluding carboxylic acids is 1. The average Bonchev–Trinajstić information content (AvgIpc) is 2.98. The zero-order valence-corrected chi connectivity index (χ0v) is 12.1. The Balaban J connectivity index is 1.80. The summed E-state index contributed by atoms with van der Waals surface area (Å²) in [4.78, 5) is 16.2. The molecule has 2 aromatic heterocycles. The molecule has 0 unspecified atom stereocenters. The number of rotatable bonds is 4. The smallest absolute Gasteiger partial charge is 0.277 e. The minimum absolute atomic E-state index is 0.152. The first-order chi connectivity index (χ1) is 11.1. The van der Waals surface area contributed by atoms with E-state index in [1.165, 1.54) is 36.5 Å². The number of amides is 1. The number of aryl methyl sites for hydroxylation is 1. The first kappa shape index (κ1) is 14.7. The standard InChI is InChI=1S/C16H12FN3O3/c1-10-9-14(20-23-10)15(21)19-13-3-2-8-18-16(13)22-12-6-4-11(17)5-7-12/h2-9H,1H3,(H,19,21). The van der Waals surface area contributed by atoms with Gasteiger partial charge in [0.15, 0.2) is 5.69 Å². The first-order valence-corrected chi connectivity index (χ1v) is 6.75. The number of halogens is 1. The molecule has 1 N–H and O–H groups in total. The molecule has 2 heterocycles. The molecular weight excluding hydrogens is 301 g/mol. The van der Waals surface area contributed by atoms with Gasteiger partial charge in [0.05, 0.1) is 0 Å².